The number of anilines is 2. The van der Waals surface area contributed by atoms with Gasteiger partial charge in [0.2, 0.25) is 5.16 Å². The normalized spacial score (nSPS) is 12.2. The minimum Gasteiger partial charge on any atom is -0.454 e. The molecule has 33 heavy (non-hydrogen) atoms. The highest BCUT2D eigenvalue weighted by Crippen LogP contribution is 2.32. The van der Waals surface area contributed by atoms with Crippen LogP contribution in [0, 0.1) is 12.7 Å². The number of hydrogen-bond donors (Lipinski definition) is 1. The Balaban J connectivity index is 1.44. The summed E-state index contributed by atoms with van der Waals surface area (Å²) in [4.78, 5) is 16.8. The van der Waals surface area contributed by atoms with E-state index >= 15 is 0 Å². The van der Waals surface area contributed by atoms with Crippen LogP contribution in [0.15, 0.2) is 48.0 Å². The lowest BCUT2D eigenvalue weighted by molar-refractivity contribution is 0.440. The van der Waals surface area contributed by atoms with Crippen LogP contribution in [0.2, 0.25) is 0 Å². The van der Waals surface area contributed by atoms with Crippen molar-refractivity contribution in [3.63, 3.8) is 0 Å². The van der Waals surface area contributed by atoms with E-state index in [0.29, 0.717) is 39.3 Å². The van der Waals surface area contributed by atoms with Crippen LogP contribution in [0.4, 0.5) is 15.9 Å². The molecule has 1 atom stereocenters. The summed E-state index contributed by atoms with van der Waals surface area (Å²) < 4.78 is 33.6. The number of fused-ring (bicyclic) bond motifs is 2. The maximum Gasteiger partial charge on any atom is 0.218 e. The molecule has 3 heterocycles. The second-order valence-electron chi connectivity index (χ2n) is 7.25. The monoisotopic (exact) mass is 464 g/mol. The van der Waals surface area contributed by atoms with Crippen molar-refractivity contribution < 1.29 is 13.3 Å². The molecular weight excluding hydrogens is 447 g/mol. The molecule has 3 aromatic heterocycles. The molecule has 0 aliphatic carbocycles. The first-order chi connectivity index (χ1) is 15.9. The standard InChI is InChI=1S/C21H17FN8O2S/c1-11-6-12(26-20-19-15(24-10-25-20)9-23-21(27-19)33(3)31)4-5-17(11)32-18-8-14-16(7-13(18)22)30(2)29-28-14/h4-10H,1-3H3,(H,24,25,26). The minimum atomic E-state index is -1.34. The quantitative estimate of drug-likeness (QED) is 0.390. The highest BCUT2D eigenvalue weighted by atomic mass is 32.2. The predicted octanol–water partition coefficient (Wildman–Crippen LogP) is 3.42. The van der Waals surface area contributed by atoms with Crippen LogP contribution < -0.4 is 10.1 Å². The van der Waals surface area contributed by atoms with Gasteiger partial charge in [-0.05, 0) is 30.7 Å². The highest BCUT2D eigenvalue weighted by molar-refractivity contribution is 7.84. The van der Waals surface area contributed by atoms with E-state index in [9.17, 15) is 8.60 Å². The number of halogens is 1. The summed E-state index contributed by atoms with van der Waals surface area (Å²) in [7, 11) is 0.357. The third-order valence-corrected chi connectivity index (χ3v) is 5.65. The van der Waals surface area contributed by atoms with Crippen LogP contribution in [-0.2, 0) is 17.8 Å². The summed E-state index contributed by atoms with van der Waals surface area (Å²) in [5.74, 6) is 0.485. The fourth-order valence-corrected chi connectivity index (χ4v) is 3.70. The molecule has 0 saturated heterocycles. The molecular formula is C21H17FN8O2S. The van der Waals surface area contributed by atoms with Crippen molar-refractivity contribution in [2.75, 3.05) is 11.6 Å². The second kappa shape index (κ2) is 8.13. The lowest BCUT2D eigenvalue weighted by Crippen LogP contribution is -2.02. The molecule has 5 aromatic rings. The lowest BCUT2D eigenvalue weighted by atomic mass is 10.2. The molecule has 5 rings (SSSR count). The van der Waals surface area contributed by atoms with E-state index in [1.807, 2.05) is 13.0 Å². The Bertz CT molecular complexity index is 1550. The first-order valence-electron chi connectivity index (χ1n) is 9.74. The van der Waals surface area contributed by atoms with Crippen molar-refractivity contribution in [2.24, 2.45) is 7.05 Å². The van der Waals surface area contributed by atoms with Crippen molar-refractivity contribution in [1.82, 2.24) is 34.9 Å². The molecule has 12 heteroatoms. The molecule has 0 spiro atoms. The van der Waals surface area contributed by atoms with E-state index in [1.54, 1.807) is 19.2 Å². The van der Waals surface area contributed by atoms with Crippen molar-refractivity contribution >= 4 is 44.4 Å². The summed E-state index contributed by atoms with van der Waals surface area (Å²) in [6.45, 7) is 1.85. The molecule has 0 radical (unpaired) electrons. The third kappa shape index (κ3) is 3.96. The first-order valence-corrected chi connectivity index (χ1v) is 11.3. The van der Waals surface area contributed by atoms with E-state index in [4.69, 9.17) is 4.74 Å². The van der Waals surface area contributed by atoms with Crippen molar-refractivity contribution in [1.29, 1.82) is 0 Å². The molecule has 0 fully saturated rings. The summed E-state index contributed by atoms with van der Waals surface area (Å²) in [5, 5.41) is 11.3. The Kier molecular flexibility index (Phi) is 5.13. The average Bonchev–Trinajstić information content (AvgIpc) is 3.15. The van der Waals surface area contributed by atoms with Crippen LogP contribution >= 0.6 is 0 Å². The Morgan fingerprint density at radius 1 is 1.09 bits per heavy atom. The first kappa shape index (κ1) is 20.8. The molecule has 2 aromatic carbocycles. The van der Waals surface area contributed by atoms with Crippen LogP contribution in [0.25, 0.3) is 22.1 Å². The van der Waals surface area contributed by atoms with Crippen molar-refractivity contribution in [3.05, 3.63) is 54.2 Å². The van der Waals surface area contributed by atoms with E-state index in [1.165, 1.54) is 35.6 Å². The summed E-state index contributed by atoms with van der Waals surface area (Å²) in [5.41, 5.74) is 3.56. The number of hydrogen-bond acceptors (Lipinski definition) is 9. The Morgan fingerprint density at radius 2 is 1.94 bits per heavy atom. The number of nitrogens with one attached hydrogen (secondary N) is 1. The summed E-state index contributed by atoms with van der Waals surface area (Å²) in [6.07, 6.45) is 4.41. The number of aryl methyl sites for hydroxylation is 2. The zero-order valence-electron chi connectivity index (χ0n) is 17.8. The van der Waals surface area contributed by atoms with Gasteiger partial charge in [0.25, 0.3) is 0 Å². The Labute approximate surface area is 189 Å². The second-order valence-corrected chi connectivity index (χ2v) is 8.53. The van der Waals surface area contributed by atoms with Gasteiger partial charge >= 0.3 is 0 Å². The summed E-state index contributed by atoms with van der Waals surface area (Å²) in [6, 6.07) is 8.20. The highest BCUT2D eigenvalue weighted by Gasteiger charge is 2.14. The number of rotatable bonds is 5. The van der Waals surface area contributed by atoms with Crippen LogP contribution in [-0.4, -0.2) is 45.4 Å². The van der Waals surface area contributed by atoms with Gasteiger partial charge in [-0.15, -0.1) is 5.10 Å². The van der Waals surface area contributed by atoms with E-state index < -0.39 is 16.6 Å². The van der Waals surface area contributed by atoms with Crippen molar-refractivity contribution in [2.45, 2.75) is 12.1 Å². The smallest absolute Gasteiger partial charge is 0.218 e. The maximum absolute atomic E-state index is 14.5. The molecule has 0 aliphatic rings. The van der Waals surface area contributed by atoms with Crippen LogP contribution in [0.3, 0.4) is 0 Å². The van der Waals surface area contributed by atoms with Gasteiger partial charge in [0.1, 0.15) is 28.6 Å². The zero-order chi connectivity index (χ0) is 23.1. The molecule has 0 bridgehead atoms. The molecule has 166 valence electrons. The predicted molar refractivity (Wildman–Crippen MR) is 120 cm³/mol. The zero-order valence-corrected chi connectivity index (χ0v) is 18.6. The number of nitrogens with zero attached hydrogens (tertiary/aromatic N) is 7. The fourth-order valence-electron chi connectivity index (χ4n) is 3.28. The molecule has 0 amide bonds. The molecule has 1 N–H and O–H groups in total. The number of benzene rings is 2. The van der Waals surface area contributed by atoms with Gasteiger partial charge in [0.15, 0.2) is 17.4 Å². The Morgan fingerprint density at radius 3 is 2.73 bits per heavy atom. The van der Waals surface area contributed by atoms with Gasteiger partial charge in [-0.2, -0.15) is 0 Å². The van der Waals surface area contributed by atoms with Gasteiger partial charge in [0.05, 0.1) is 22.5 Å². The minimum absolute atomic E-state index is 0.0606. The van der Waals surface area contributed by atoms with Gasteiger partial charge in [0, 0.05) is 31.1 Å². The fraction of sp³-hybridized carbons (Fsp3) is 0.143. The largest absolute Gasteiger partial charge is 0.454 e. The molecule has 0 aliphatic heterocycles. The lowest BCUT2D eigenvalue weighted by Gasteiger charge is -2.13. The van der Waals surface area contributed by atoms with E-state index in [-0.39, 0.29) is 10.9 Å². The average molecular weight is 464 g/mol. The van der Waals surface area contributed by atoms with Gasteiger partial charge in [-0.1, -0.05) is 5.21 Å². The van der Waals surface area contributed by atoms with Gasteiger partial charge in [-0.25, -0.2) is 29.0 Å². The number of ether oxygens (including phenoxy) is 1. The molecule has 10 nitrogen and oxygen atoms in total. The topological polar surface area (TPSA) is 121 Å². The Hall–Kier alpha value is -4.06. The van der Waals surface area contributed by atoms with Crippen LogP contribution in [0.1, 0.15) is 5.56 Å². The maximum atomic E-state index is 14.5. The molecule has 0 saturated carbocycles. The third-order valence-electron chi connectivity index (χ3n) is 4.93. The SMILES string of the molecule is Cc1cc(Nc2ncnc3cnc(S(C)=O)nc23)ccc1Oc1cc2nnn(C)c2cc1F. The molecule has 1 unspecified atom stereocenters. The van der Waals surface area contributed by atoms with E-state index in [0.717, 1.165) is 5.56 Å². The van der Waals surface area contributed by atoms with Crippen LogP contribution in [0.5, 0.6) is 11.5 Å². The van der Waals surface area contributed by atoms with Gasteiger partial charge in [-0.3, -0.25) is 4.21 Å². The van der Waals surface area contributed by atoms with E-state index in [2.05, 4.69) is 35.6 Å². The number of aromatic nitrogens is 7. The van der Waals surface area contributed by atoms with Gasteiger partial charge < -0.3 is 10.1 Å². The summed E-state index contributed by atoms with van der Waals surface area (Å²) >= 11 is 0. The van der Waals surface area contributed by atoms with Crippen molar-refractivity contribution in [3.8, 4) is 11.5 Å².